The van der Waals surface area contributed by atoms with Crippen LogP contribution < -0.4 is 16.6 Å². The molecular formula is C14H23N3. The van der Waals surface area contributed by atoms with Crippen LogP contribution in [0.3, 0.4) is 0 Å². The zero-order valence-electron chi connectivity index (χ0n) is 10.7. The number of rotatable bonds is 4. The minimum atomic E-state index is 0.0130. The van der Waals surface area contributed by atoms with Crippen molar-refractivity contribution in [2.24, 2.45) is 5.73 Å². The van der Waals surface area contributed by atoms with Gasteiger partial charge in [0.05, 0.1) is 6.17 Å². The Labute approximate surface area is 104 Å². The largest absolute Gasteiger partial charge is 0.314 e. The summed E-state index contributed by atoms with van der Waals surface area (Å²) < 4.78 is 0. The summed E-state index contributed by atoms with van der Waals surface area (Å²) in [6, 6.07) is 9.32. The minimum absolute atomic E-state index is 0.0130. The van der Waals surface area contributed by atoms with Crippen molar-refractivity contribution in [3.8, 4) is 0 Å². The van der Waals surface area contributed by atoms with Crippen LogP contribution in [0.5, 0.6) is 0 Å². The van der Waals surface area contributed by atoms with Crippen molar-refractivity contribution in [1.82, 2.24) is 10.9 Å². The Kier molecular flexibility index (Phi) is 4.15. The lowest BCUT2D eigenvalue weighted by atomic mass is 9.88. The fourth-order valence-corrected chi connectivity index (χ4v) is 2.61. The molecular weight excluding hydrogens is 210 g/mol. The van der Waals surface area contributed by atoms with Crippen LogP contribution in [0.4, 0.5) is 0 Å². The zero-order valence-corrected chi connectivity index (χ0v) is 10.7. The first-order valence-corrected chi connectivity index (χ1v) is 6.61. The quantitative estimate of drug-likeness (QED) is 0.744. The van der Waals surface area contributed by atoms with Gasteiger partial charge < -0.3 is 5.73 Å². The van der Waals surface area contributed by atoms with E-state index in [0.717, 1.165) is 12.8 Å². The highest BCUT2D eigenvalue weighted by molar-refractivity contribution is 5.28. The van der Waals surface area contributed by atoms with Gasteiger partial charge in [-0.2, -0.15) is 0 Å². The molecule has 0 saturated carbocycles. The van der Waals surface area contributed by atoms with E-state index >= 15 is 0 Å². The van der Waals surface area contributed by atoms with Gasteiger partial charge >= 0.3 is 0 Å². The Morgan fingerprint density at radius 1 is 1.12 bits per heavy atom. The molecule has 0 radical (unpaired) electrons. The molecule has 1 aliphatic rings. The molecule has 0 spiro atoms. The predicted octanol–water partition coefficient (Wildman–Crippen LogP) is 1.89. The van der Waals surface area contributed by atoms with Crippen molar-refractivity contribution in [3.63, 3.8) is 0 Å². The molecule has 0 amide bonds. The van der Waals surface area contributed by atoms with Crippen LogP contribution in [0.2, 0.25) is 0 Å². The fourth-order valence-electron chi connectivity index (χ4n) is 2.61. The van der Waals surface area contributed by atoms with Crippen LogP contribution in [0.15, 0.2) is 24.3 Å². The summed E-state index contributed by atoms with van der Waals surface area (Å²) in [5, 5.41) is 0. The van der Waals surface area contributed by atoms with E-state index in [2.05, 4.69) is 49.0 Å². The maximum atomic E-state index is 6.13. The average Bonchev–Trinajstić information content (AvgIpc) is 2.71. The topological polar surface area (TPSA) is 50.1 Å². The highest BCUT2D eigenvalue weighted by Crippen LogP contribution is 2.27. The second-order valence-electron chi connectivity index (χ2n) is 4.83. The van der Waals surface area contributed by atoms with Crippen molar-refractivity contribution in [2.45, 2.75) is 51.2 Å². The zero-order chi connectivity index (χ0) is 12.3. The molecule has 3 atom stereocenters. The van der Waals surface area contributed by atoms with Gasteiger partial charge in [-0.1, -0.05) is 44.5 Å². The van der Waals surface area contributed by atoms with Crippen molar-refractivity contribution in [2.75, 3.05) is 0 Å². The summed E-state index contributed by atoms with van der Waals surface area (Å²) in [6.07, 6.45) is 3.43. The first-order chi connectivity index (χ1) is 8.26. The second kappa shape index (κ2) is 5.63. The van der Waals surface area contributed by atoms with E-state index in [0.29, 0.717) is 12.0 Å². The normalized spacial score (nSPS) is 28.5. The van der Waals surface area contributed by atoms with E-state index in [1.165, 1.54) is 17.5 Å². The van der Waals surface area contributed by atoms with Gasteiger partial charge in [-0.25, -0.2) is 5.43 Å². The van der Waals surface area contributed by atoms with E-state index in [4.69, 9.17) is 5.73 Å². The number of aryl methyl sites for hydroxylation is 1. The van der Waals surface area contributed by atoms with Crippen LogP contribution in [0, 0.1) is 0 Å². The predicted molar refractivity (Wildman–Crippen MR) is 71.5 cm³/mol. The van der Waals surface area contributed by atoms with Crippen LogP contribution in [-0.2, 0) is 6.42 Å². The van der Waals surface area contributed by atoms with Crippen molar-refractivity contribution in [3.05, 3.63) is 35.4 Å². The first kappa shape index (κ1) is 12.6. The number of hydrogen-bond donors (Lipinski definition) is 3. The molecule has 1 heterocycles. The molecule has 2 rings (SSSR count). The molecule has 1 aromatic rings. The Morgan fingerprint density at radius 3 is 2.41 bits per heavy atom. The molecule has 3 nitrogen and oxygen atoms in total. The van der Waals surface area contributed by atoms with Gasteiger partial charge in [-0.05, 0) is 24.0 Å². The molecule has 1 saturated heterocycles. The van der Waals surface area contributed by atoms with Crippen molar-refractivity contribution in [1.29, 1.82) is 0 Å². The number of hydrazine groups is 1. The third-order valence-corrected chi connectivity index (χ3v) is 3.63. The van der Waals surface area contributed by atoms with Gasteiger partial charge in [-0.3, -0.25) is 5.43 Å². The molecule has 1 aromatic carbocycles. The van der Waals surface area contributed by atoms with Crippen LogP contribution in [-0.4, -0.2) is 12.2 Å². The lowest BCUT2D eigenvalue weighted by Crippen LogP contribution is -2.38. The number of hydrogen-bond acceptors (Lipinski definition) is 3. The Balaban J connectivity index is 2.17. The molecule has 1 fully saturated rings. The molecule has 0 aliphatic carbocycles. The Bertz CT molecular complexity index is 345. The number of nitrogens with two attached hydrogens (primary N) is 1. The molecule has 4 N–H and O–H groups in total. The second-order valence-corrected chi connectivity index (χ2v) is 4.83. The molecule has 3 heteroatoms. The van der Waals surface area contributed by atoms with Crippen LogP contribution >= 0.6 is 0 Å². The molecule has 0 bridgehead atoms. The highest BCUT2D eigenvalue weighted by atomic mass is 15.5. The number of benzene rings is 1. The van der Waals surface area contributed by atoms with Gasteiger partial charge in [0.2, 0.25) is 0 Å². The number of nitrogens with one attached hydrogen (secondary N) is 2. The third-order valence-electron chi connectivity index (χ3n) is 3.63. The van der Waals surface area contributed by atoms with Crippen LogP contribution in [0.25, 0.3) is 0 Å². The molecule has 1 aliphatic heterocycles. The average molecular weight is 233 g/mol. The molecule has 0 aromatic heterocycles. The third kappa shape index (κ3) is 2.68. The van der Waals surface area contributed by atoms with Gasteiger partial charge in [0.25, 0.3) is 0 Å². The smallest absolute Gasteiger partial charge is 0.0764 e. The standard InChI is InChI=1S/C14H23N3/c1-3-5-12-13(14(15)17-16-12)11-8-6-10(4-2)7-9-11/h6-9,12-14,16-17H,3-5,15H2,1-2H3. The summed E-state index contributed by atoms with van der Waals surface area (Å²) in [5.74, 6) is 0.376. The monoisotopic (exact) mass is 233 g/mol. The molecule has 3 unspecified atom stereocenters. The summed E-state index contributed by atoms with van der Waals surface area (Å²) in [4.78, 5) is 0. The van der Waals surface area contributed by atoms with Crippen molar-refractivity contribution < 1.29 is 0 Å². The van der Waals surface area contributed by atoms with E-state index in [1.54, 1.807) is 0 Å². The first-order valence-electron chi connectivity index (χ1n) is 6.61. The molecule has 17 heavy (non-hydrogen) atoms. The molecule has 94 valence electrons. The maximum absolute atomic E-state index is 6.13. The van der Waals surface area contributed by atoms with Gasteiger partial charge in [0, 0.05) is 12.0 Å². The Morgan fingerprint density at radius 2 is 1.82 bits per heavy atom. The van der Waals surface area contributed by atoms with Crippen molar-refractivity contribution >= 4 is 0 Å². The van der Waals surface area contributed by atoms with E-state index in [1.807, 2.05) is 0 Å². The maximum Gasteiger partial charge on any atom is 0.0764 e. The van der Waals surface area contributed by atoms with Gasteiger partial charge in [0.1, 0.15) is 0 Å². The van der Waals surface area contributed by atoms with Crippen LogP contribution in [0.1, 0.15) is 43.7 Å². The summed E-state index contributed by atoms with van der Waals surface area (Å²) >= 11 is 0. The van der Waals surface area contributed by atoms with Gasteiger partial charge in [-0.15, -0.1) is 0 Å². The van der Waals surface area contributed by atoms with E-state index < -0.39 is 0 Å². The minimum Gasteiger partial charge on any atom is -0.314 e. The fraction of sp³-hybridized carbons (Fsp3) is 0.571. The SMILES string of the molecule is CCCC1NNC(N)C1c1ccc(CC)cc1. The summed E-state index contributed by atoms with van der Waals surface area (Å²) in [7, 11) is 0. The lowest BCUT2D eigenvalue weighted by Gasteiger charge is -2.21. The Hall–Kier alpha value is -0.900. The summed E-state index contributed by atoms with van der Waals surface area (Å²) in [6.45, 7) is 4.39. The highest BCUT2D eigenvalue weighted by Gasteiger charge is 2.33. The lowest BCUT2D eigenvalue weighted by molar-refractivity contribution is 0.485. The summed E-state index contributed by atoms with van der Waals surface area (Å²) in [5.41, 5.74) is 15.3. The van der Waals surface area contributed by atoms with E-state index in [-0.39, 0.29) is 6.17 Å². The van der Waals surface area contributed by atoms with Gasteiger partial charge in [0.15, 0.2) is 0 Å². The van der Waals surface area contributed by atoms with E-state index in [9.17, 15) is 0 Å².